The van der Waals surface area contributed by atoms with Gasteiger partial charge >= 0.3 is 12.4 Å². The average Bonchev–Trinajstić information content (AvgIpc) is 2.05. The molecule has 0 saturated heterocycles. The zero-order valence-electron chi connectivity index (χ0n) is 7.18. The molecule has 0 heterocycles. The molecule has 0 amide bonds. The molecule has 0 aliphatic carbocycles. The second-order valence-corrected chi connectivity index (χ2v) is 5.02. The maximum Gasteiger partial charge on any atom is 0.418 e. The Kier molecular flexibility index (Phi) is 4.03. The van der Waals surface area contributed by atoms with Gasteiger partial charge in [-0.2, -0.15) is 26.3 Å². The van der Waals surface area contributed by atoms with Crippen molar-refractivity contribution in [2.24, 2.45) is 0 Å². The molecule has 0 aliphatic rings. The number of halogens is 8. The minimum atomic E-state index is -5.01. The van der Waals surface area contributed by atoms with Crippen molar-refractivity contribution in [3.05, 3.63) is 30.4 Å². The molecular formula is C8H2F6I2. The van der Waals surface area contributed by atoms with Crippen molar-refractivity contribution in [1.29, 1.82) is 0 Å². The number of hydrogen-bond acceptors (Lipinski definition) is 0. The lowest BCUT2D eigenvalue weighted by molar-refractivity contribution is -0.162. The smallest absolute Gasteiger partial charge is 0.166 e. The quantitative estimate of drug-likeness (QED) is 0.376. The first-order valence-electron chi connectivity index (χ1n) is 3.67. The zero-order valence-corrected chi connectivity index (χ0v) is 11.5. The van der Waals surface area contributed by atoms with Crippen LogP contribution in [0.15, 0.2) is 12.1 Å². The van der Waals surface area contributed by atoms with Crippen molar-refractivity contribution in [1.82, 2.24) is 0 Å². The second kappa shape index (κ2) is 4.50. The summed E-state index contributed by atoms with van der Waals surface area (Å²) in [7, 11) is 0. The fourth-order valence-electron chi connectivity index (χ4n) is 1.06. The molecule has 0 saturated carbocycles. The van der Waals surface area contributed by atoms with Crippen molar-refractivity contribution in [2.45, 2.75) is 12.4 Å². The summed E-state index contributed by atoms with van der Waals surface area (Å²) in [5.74, 6) is 0. The van der Waals surface area contributed by atoms with E-state index in [1.165, 1.54) is 22.6 Å². The van der Waals surface area contributed by atoms with Crippen molar-refractivity contribution in [2.75, 3.05) is 0 Å². The van der Waals surface area contributed by atoms with Gasteiger partial charge in [-0.25, -0.2) is 0 Å². The third kappa shape index (κ3) is 2.93. The fraction of sp³-hybridized carbons (Fsp3) is 0.250. The first kappa shape index (κ1) is 14.3. The van der Waals surface area contributed by atoms with Gasteiger partial charge in [-0.15, -0.1) is 0 Å². The summed E-state index contributed by atoms with van der Waals surface area (Å²) < 4.78 is 74.4. The summed E-state index contributed by atoms with van der Waals surface area (Å²) in [5, 5.41) is 0. The van der Waals surface area contributed by atoms with Gasteiger partial charge in [0.15, 0.2) is 0 Å². The minimum Gasteiger partial charge on any atom is -0.166 e. The summed E-state index contributed by atoms with van der Waals surface area (Å²) in [5.41, 5.74) is -3.27. The van der Waals surface area contributed by atoms with Gasteiger partial charge in [-0.1, -0.05) is 0 Å². The summed E-state index contributed by atoms with van der Waals surface area (Å²) in [6.45, 7) is 0. The van der Waals surface area contributed by atoms with Gasteiger partial charge in [0.05, 0.1) is 11.1 Å². The summed E-state index contributed by atoms with van der Waals surface area (Å²) in [6.07, 6.45) is -10.0. The van der Waals surface area contributed by atoms with Crippen LogP contribution in [0.5, 0.6) is 0 Å². The van der Waals surface area contributed by atoms with Crippen LogP contribution >= 0.6 is 45.2 Å². The lowest BCUT2D eigenvalue weighted by Gasteiger charge is -2.17. The lowest BCUT2D eigenvalue weighted by Crippen LogP contribution is -2.18. The molecule has 0 nitrogen and oxygen atoms in total. The van der Waals surface area contributed by atoms with Crippen LogP contribution in [-0.4, -0.2) is 0 Å². The van der Waals surface area contributed by atoms with Crippen LogP contribution in [0.4, 0.5) is 26.3 Å². The van der Waals surface area contributed by atoms with Gasteiger partial charge in [0, 0.05) is 7.14 Å². The molecular weight excluding hydrogens is 464 g/mol. The second-order valence-electron chi connectivity index (χ2n) is 2.78. The zero-order chi connectivity index (χ0) is 12.7. The molecule has 0 N–H and O–H groups in total. The highest BCUT2D eigenvalue weighted by molar-refractivity contribution is 14.1. The molecule has 0 atom stereocenters. The highest BCUT2D eigenvalue weighted by atomic mass is 127. The van der Waals surface area contributed by atoms with Crippen molar-refractivity contribution >= 4 is 45.2 Å². The molecule has 8 heteroatoms. The van der Waals surface area contributed by atoms with E-state index in [2.05, 4.69) is 0 Å². The van der Waals surface area contributed by atoms with E-state index in [9.17, 15) is 26.3 Å². The van der Waals surface area contributed by atoms with E-state index in [1.807, 2.05) is 0 Å². The molecule has 90 valence electrons. The Morgan fingerprint density at radius 1 is 0.812 bits per heavy atom. The van der Waals surface area contributed by atoms with Gasteiger partial charge in [0.25, 0.3) is 0 Å². The Hall–Kier alpha value is 0.260. The van der Waals surface area contributed by atoms with Gasteiger partial charge in [0.2, 0.25) is 0 Å². The first-order chi connectivity index (χ1) is 7.05. The molecule has 0 unspecified atom stereocenters. The molecule has 0 aliphatic heterocycles. The standard InChI is InChI=1S/C8H2F6I2/c9-7(10,11)3-1-2-4(15)6(16)5(3)8(12,13)14/h1-2H. The number of alkyl halides is 6. The Labute approximate surface area is 114 Å². The lowest BCUT2D eigenvalue weighted by atomic mass is 10.1. The van der Waals surface area contributed by atoms with Crippen molar-refractivity contribution in [3.63, 3.8) is 0 Å². The van der Waals surface area contributed by atoms with E-state index in [0.717, 1.165) is 6.07 Å². The summed E-state index contributed by atoms with van der Waals surface area (Å²) >= 11 is 2.83. The third-order valence-corrected chi connectivity index (χ3v) is 4.74. The molecule has 1 aromatic carbocycles. The fourth-order valence-corrected chi connectivity index (χ4v) is 2.29. The van der Waals surface area contributed by atoms with E-state index >= 15 is 0 Å². The Morgan fingerprint density at radius 2 is 1.31 bits per heavy atom. The molecule has 0 aromatic heterocycles. The van der Waals surface area contributed by atoms with Crippen LogP contribution in [0.3, 0.4) is 0 Å². The van der Waals surface area contributed by atoms with Crippen molar-refractivity contribution < 1.29 is 26.3 Å². The number of rotatable bonds is 0. The maximum absolute atomic E-state index is 12.5. The largest absolute Gasteiger partial charge is 0.418 e. The SMILES string of the molecule is FC(F)(F)c1ccc(I)c(I)c1C(F)(F)F. The van der Waals surface area contributed by atoms with Gasteiger partial charge < -0.3 is 0 Å². The predicted octanol–water partition coefficient (Wildman–Crippen LogP) is 4.93. The van der Waals surface area contributed by atoms with Gasteiger partial charge in [0.1, 0.15) is 0 Å². The highest BCUT2D eigenvalue weighted by Crippen LogP contribution is 2.43. The number of benzene rings is 1. The topological polar surface area (TPSA) is 0 Å². The Bertz CT molecular complexity index is 406. The van der Waals surface area contributed by atoms with Crippen LogP contribution in [0.25, 0.3) is 0 Å². The third-order valence-electron chi connectivity index (χ3n) is 1.68. The van der Waals surface area contributed by atoms with Gasteiger partial charge in [-0.05, 0) is 57.3 Å². The van der Waals surface area contributed by atoms with E-state index in [4.69, 9.17) is 0 Å². The van der Waals surface area contributed by atoms with E-state index in [1.54, 1.807) is 22.6 Å². The monoisotopic (exact) mass is 466 g/mol. The normalized spacial score (nSPS) is 13.0. The predicted molar refractivity (Wildman–Crippen MR) is 61.9 cm³/mol. The Balaban J connectivity index is 3.59. The molecule has 16 heavy (non-hydrogen) atoms. The van der Waals surface area contributed by atoms with E-state index < -0.39 is 27.0 Å². The maximum atomic E-state index is 12.5. The first-order valence-corrected chi connectivity index (χ1v) is 5.83. The minimum absolute atomic E-state index is 0.138. The van der Waals surface area contributed by atoms with Gasteiger partial charge in [-0.3, -0.25) is 0 Å². The van der Waals surface area contributed by atoms with Crippen LogP contribution in [0.2, 0.25) is 0 Å². The molecule has 0 fully saturated rings. The molecule has 1 rings (SSSR count). The molecule has 0 bridgehead atoms. The van der Waals surface area contributed by atoms with Crippen LogP contribution < -0.4 is 0 Å². The summed E-state index contributed by atoms with van der Waals surface area (Å²) in [4.78, 5) is 0. The van der Waals surface area contributed by atoms with Crippen molar-refractivity contribution in [3.8, 4) is 0 Å². The Morgan fingerprint density at radius 3 is 1.69 bits per heavy atom. The van der Waals surface area contributed by atoms with Crippen LogP contribution in [-0.2, 0) is 12.4 Å². The van der Waals surface area contributed by atoms with Crippen LogP contribution in [0, 0.1) is 7.14 Å². The highest BCUT2D eigenvalue weighted by Gasteiger charge is 2.44. The van der Waals surface area contributed by atoms with Crippen LogP contribution in [0.1, 0.15) is 11.1 Å². The number of hydrogen-bond donors (Lipinski definition) is 0. The molecule has 1 aromatic rings. The van der Waals surface area contributed by atoms with E-state index in [-0.39, 0.29) is 3.57 Å². The van der Waals surface area contributed by atoms with E-state index in [0.29, 0.717) is 6.07 Å². The average molecular weight is 466 g/mol. The molecule has 0 spiro atoms. The molecule has 0 radical (unpaired) electrons. The summed E-state index contributed by atoms with van der Waals surface area (Å²) in [6, 6.07) is 1.47.